The second kappa shape index (κ2) is 10.8. The van der Waals surface area contributed by atoms with E-state index in [0.717, 1.165) is 21.8 Å². The summed E-state index contributed by atoms with van der Waals surface area (Å²) >= 11 is 2.39. The molecule has 11 nitrogen and oxygen atoms in total. The third-order valence-corrected chi connectivity index (χ3v) is 8.80. The van der Waals surface area contributed by atoms with Crippen LogP contribution in [0.5, 0.6) is 0 Å². The first-order chi connectivity index (χ1) is 20.2. The Hall–Kier alpha value is -4.95. The summed E-state index contributed by atoms with van der Waals surface area (Å²) < 4.78 is 15.4. The zero-order valence-corrected chi connectivity index (χ0v) is 23.3. The predicted molar refractivity (Wildman–Crippen MR) is 154 cm³/mol. The minimum absolute atomic E-state index is 0.107. The van der Waals surface area contributed by atoms with Crippen molar-refractivity contribution >= 4 is 57.0 Å². The van der Waals surface area contributed by atoms with Crippen molar-refractivity contribution < 1.29 is 24.0 Å². The zero-order chi connectivity index (χ0) is 29.5. The van der Waals surface area contributed by atoms with Crippen LogP contribution in [0, 0.1) is 22.9 Å². The first-order valence-electron chi connectivity index (χ1n) is 12.4. The van der Waals surface area contributed by atoms with Crippen molar-refractivity contribution in [1.29, 1.82) is 0 Å². The summed E-state index contributed by atoms with van der Waals surface area (Å²) in [5.41, 5.74) is 2.02. The normalized spacial score (nSPS) is 16.4. The van der Waals surface area contributed by atoms with Crippen LogP contribution in [0.4, 0.5) is 15.2 Å². The Balaban J connectivity index is 1.44. The molecule has 42 heavy (non-hydrogen) atoms. The Kier molecular flexibility index (Phi) is 7.00. The number of nitro benzene ring substituents is 1. The maximum Gasteiger partial charge on any atom is 0.301 e. The van der Waals surface area contributed by atoms with Crippen LogP contribution in [0.25, 0.3) is 11.4 Å². The van der Waals surface area contributed by atoms with Gasteiger partial charge in [-0.1, -0.05) is 41.3 Å². The summed E-state index contributed by atoms with van der Waals surface area (Å²) in [6.07, 6.45) is 1.68. The van der Waals surface area contributed by atoms with Crippen molar-refractivity contribution in [3.63, 3.8) is 0 Å². The van der Waals surface area contributed by atoms with Crippen LogP contribution in [0.1, 0.15) is 28.6 Å². The van der Waals surface area contributed by atoms with Crippen molar-refractivity contribution in [3.05, 3.63) is 117 Å². The number of fused-ring (bicyclic) bond motifs is 1. The highest BCUT2D eigenvalue weighted by molar-refractivity contribution is 8.00. The molecule has 6 rings (SSSR count). The van der Waals surface area contributed by atoms with Gasteiger partial charge >= 0.3 is 5.91 Å². The minimum atomic E-state index is -1.15. The fraction of sp³-hybridized carbons (Fsp3) is 0.107. The number of rotatable bonds is 7. The van der Waals surface area contributed by atoms with E-state index in [0.29, 0.717) is 27.0 Å². The molecule has 5 aromatic rings. The summed E-state index contributed by atoms with van der Waals surface area (Å²) in [6, 6.07) is 15.5. The van der Waals surface area contributed by atoms with E-state index in [-0.39, 0.29) is 27.9 Å². The first-order valence-corrected chi connectivity index (χ1v) is 14.2. The van der Waals surface area contributed by atoms with Crippen LogP contribution in [0.15, 0.2) is 82.8 Å². The number of hydrogen-bond acceptors (Lipinski definition) is 10. The number of nitrogens with zero attached hydrogens (tertiary/aromatic N) is 6. The summed E-state index contributed by atoms with van der Waals surface area (Å²) in [7, 11) is 0. The number of benzene rings is 2. The van der Waals surface area contributed by atoms with Crippen molar-refractivity contribution in [2.45, 2.75) is 23.1 Å². The van der Waals surface area contributed by atoms with Crippen molar-refractivity contribution in [2.75, 3.05) is 4.90 Å². The number of carbonyl (C=O) groups excluding carboxylic acids is 2. The molecule has 0 spiro atoms. The quantitative estimate of drug-likeness (QED) is 0.0488. The van der Waals surface area contributed by atoms with Crippen LogP contribution in [0.2, 0.25) is 0 Å². The van der Waals surface area contributed by atoms with E-state index in [1.807, 2.05) is 0 Å². The number of anilines is 1. The molecule has 210 valence electrons. The molecule has 3 aromatic heterocycles. The van der Waals surface area contributed by atoms with Crippen molar-refractivity contribution in [2.24, 2.45) is 0 Å². The number of carbonyl (C=O) groups is 2. The van der Waals surface area contributed by atoms with E-state index >= 15 is 0 Å². The van der Waals surface area contributed by atoms with Crippen molar-refractivity contribution in [3.8, 4) is 0 Å². The van der Waals surface area contributed by atoms with Gasteiger partial charge in [-0.25, -0.2) is 9.37 Å². The highest BCUT2D eigenvalue weighted by Crippen LogP contribution is 2.44. The van der Waals surface area contributed by atoms with Crippen LogP contribution >= 0.6 is 23.1 Å². The molecule has 0 radical (unpaired) electrons. The first kappa shape index (κ1) is 27.2. The van der Waals surface area contributed by atoms with Gasteiger partial charge in [-0.3, -0.25) is 29.0 Å². The van der Waals surface area contributed by atoms with Gasteiger partial charge in [0.1, 0.15) is 17.2 Å². The van der Waals surface area contributed by atoms with Gasteiger partial charge in [-0.05, 0) is 54.4 Å². The smallest absolute Gasteiger partial charge is 0.301 e. The Morgan fingerprint density at radius 2 is 1.83 bits per heavy atom. The molecule has 1 N–H and O–H groups in total. The van der Waals surface area contributed by atoms with E-state index in [4.69, 9.17) is 0 Å². The van der Waals surface area contributed by atoms with Gasteiger partial charge in [0.2, 0.25) is 5.13 Å². The highest BCUT2D eigenvalue weighted by Gasteiger charge is 2.49. The van der Waals surface area contributed by atoms with Gasteiger partial charge in [0.25, 0.3) is 11.5 Å². The topological polar surface area (TPSA) is 144 Å². The molecule has 1 unspecified atom stereocenters. The van der Waals surface area contributed by atoms with Crippen LogP contribution in [-0.4, -0.2) is 41.3 Å². The van der Waals surface area contributed by atoms with Crippen LogP contribution in [0.3, 0.4) is 0 Å². The molecule has 1 saturated heterocycles. The fourth-order valence-electron chi connectivity index (χ4n) is 4.73. The fourth-order valence-corrected chi connectivity index (χ4v) is 6.56. The number of amides is 1. The second-order valence-electron chi connectivity index (χ2n) is 9.26. The molecule has 1 aliphatic heterocycles. The molecule has 0 aliphatic carbocycles. The van der Waals surface area contributed by atoms with Gasteiger partial charge in [0.15, 0.2) is 10.1 Å². The average molecular weight is 603 g/mol. The summed E-state index contributed by atoms with van der Waals surface area (Å²) in [5, 5.41) is 31.3. The third kappa shape index (κ3) is 4.80. The maximum atomic E-state index is 13.6. The number of imidazole rings is 1. The molecule has 1 aliphatic rings. The Morgan fingerprint density at radius 1 is 1.10 bits per heavy atom. The number of ketones is 1. The number of non-ortho nitro benzene ring substituents is 1. The molecule has 4 heterocycles. The molecular weight excluding hydrogens is 583 g/mol. The summed E-state index contributed by atoms with van der Waals surface area (Å²) in [5.74, 6) is -2.20. The Bertz CT molecular complexity index is 1900. The van der Waals surface area contributed by atoms with Gasteiger partial charge < -0.3 is 5.11 Å². The third-order valence-electron chi connectivity index (χ3n) is 6.67. The average Bonchev–Trinajstić information content (AvgIpc) is 3.66. The van der Waals surface area contributed by atoms with Gasteiger partial charge in [0.05, 0.1) is 22.2 Å². The molecule has 14 heteroatoms. The van der Waals surface area contributed by atoms with E-state index in [1.165, 1.54) is 48.2 Å². The number of pyridine rings is 1. The zero-order valence-electron chi connectivity index (χ0n) is 21.7. The number of aryl methyl sites for hydroxylation is 1. The lowest BCUT2D eigenvalue weighted by Crippen LogP contribution is -2.29. The predicted octanol–water partition coefficient (Wildman–Crippen LogP) is 5.46. The minimum Gasteiger partial charge on any atom is -0.505 e. The van der Waals surface area contributed by atoms with Crippen molar-refractivity contribution in [1.82, 2.24) is 19.6 Å². The van der Waals surface area contributed by atoms with Gasteiger partial charge in [-0.2, -0.15) is 0 Å². The van der Waals surface area contributed by atoms with Crippen LogP contribution < -0.4 is 4.90 Å². The summed E-state index contributed by atoms with van der Waals surface area (Å²) in [4.78, 5) is 43.4. The number of Topliss-reactive ketones (excluding diaryl/α,β-unsaturated/α-hetero) is 1. The Labute approximate surface area is 245 Å². The maximum absolute atomic E-state index is 13.6. The molecule has 1 atom stereocenters. The largest absolute Gasteiger partial charge is 0.505 e. The number of hydrogen-bond donors (Lipinski definition) is 1. The Morgan fingerprint density at radius 3 is 2.55 bits per heavy atom. The lowest BCUT2D eigenvalue weighted by Gasteiger charge is -2.22. The van der Waals surface area contributed by atoms with E-state index in [2.05, 4.69) is 15.2 Å². The number of nitro groups is 1. The van der Waals surface area contributed by atoms with E-state index in [1.54, 1.807) is 47.9 Å². The molecule has 2 aromatic carbocycles. The highest BCUT2D eigenvalue weighted by atomic mass is 32.2. The molecule has 1 amide bonds. The molecular formula is C28H19FN6O5S2. The summed E-state index contributed by atoms with van der Waals surface area (Å²) in [6.45, 7) is 1.67. The number of aliphatic hydroxyl groups excluding tert-OH is 1. The number of halogens is 1. The van der Waals surface area contributed by atoms with E-state index in [9.17, 15) is 29.2 Å². The SMILES string of the molecule is Cc1nc2ccccn2c1/C(O)=C1\C(=O)C(=O)N(c2nnc(SCc3ccc(F)cc3)s2)C1c1ccc([N+](=O)[O-])cc1. The second-order valence-corrected chi connectivity index (χ2v) is 11.4. The van der Waals surface area contributed by atoms with Crippen LogP contribution in [-0.2, 0) is 15.3 Å². The standard InChI is InChI=1S/C28H19FN6O5S2/c1-15-22(33-13-3-2-4-20(33)30-15)24(36)21-23(17-7-11-19(12-8-17)35(39)40)34(26(38)25(21)37)27-31-32-28(42-27)41-14-16-5-9-18(29)10-6-16/h2-13,23,36H,14H2,1H3/b24-21+. The number of aromatic nitrogens is 4. The lowest BCUT2D eigenvalue weighted by atomic mass is 9.96. The van der Waals surface area contributed by atoms with Gasteiger partial charge in [0, 0.05) is 24.1 Å². The molecule has 0 saturated carbocycles. The number of aliphatic hydroxyl groups is 1. The number of thioether (sulfide) groups is 1. The molecule has 0 bridgehead atoms. The lowest BCUT2D eigenvalue weighted by molar-refractivity contribution is -0.384. The molecule has 1 fully saturated rings. The van der Waals surface area contributed by atoms with Gasteiger partial charge in [-0.15, -0.1) is 10.2 Å². The van der Waals surface area contributed by atoms with E-state index < -0.39 is 28.4 Å². The monoisotopic (exact) mass is 602 g/mol.